The van der Waals surface area contributed by atoms with Gasteiger partial charge in [-0.25, -0.2) is 4.98 Å². The lowest BCUT2D eigenvalue weighted by atomic mass is 10.1. The van der Waals surface area contributed by atoms with Gasteiger partial charge >= 0.3 is 6.01 Å². The van der Waals surface area contributed by atoms with Crippen molar-refractivity contribution in [1.29, 1.82) is 0 Å². The molecule has 0 atom stereocenters. The van der Waals surface area contributed by atoms with E-state index in [0.29, 0.717) is 23.5 Å². The standard InChI is InChI=1S/C14H16ClN3O/c1-2-3-7-19-14-17-9-12(13(16)18-14)10-5-4-6-11(15)8-10/h4-6,8-9H,2-3,7H2,1H3,(H2,16,17,18). The first kappa shape index (κ1) is 13.6. The Labute approximate surface area is 117 Å². The summed E-state index contributed by atoms with van der Waals surface area (Å²) < 4.78 is 5.41. The van der Waals surface area contributed by atoms with Crippen LogP contribution in [-0.2, 0) is 0 Å². The Kier molecular flexibility index (Phi) is 4.58. The molecule has 0 aliphatic rings. The van der Waals surface area contributed by atoms with Crippen molar-refractivity contribution in [2.45, 2.75) is 19.8 Å². The predicted molar refractivity (Wildman–Crippen MR) is 77.3 cm³/mol. The highest BCUT2D eigenvalue weighted by atomic mass is 35.5. The SMILES string of the molecule is CCCCOc1ncc(-c2cccc(Cl)c2)c(N)n1. The molecule has 19 heavy (non-hydrogen) atoms. The minimum atomic E-state index is 0.316. The molecule has 0 saturated carbocycles. The number of aromatic nitrogens is 2. The number of ether oxygens (including phenoxy) is 1. The van der Waals surface area contributed by atoms with Gasteiger partial charge in [0.15, 0.2) is 0 Å². The number of nitrogens with zero attached hydrogens (tertiary/aromatic N) is 2. The number of nitrogen functional groups attached to an aromatic ring is 1. The normalized spacial score (nSPS) is 10.4. The number of nitrogens with two attached hydrogens (primary N) is 1. The molecule has 4 nitrogen and oxygen atoms in total. The van der Waals surface area contributed by atoms with Crippen molar-refractivity contribution in [2.75, 3.05) is 12.3 Å². The molecule has 100 valence electrons. The first-order valence-electron chi connectivity index (χ1n) is 6.22. The Bertz CT molecular complexity index is 560. The third kappa shape index (κ3) is 3.58. The number of hydrogen-bond donors (Lipinski definition) is 1. The van der Waals surface area contributed by atoms with Gasteiger partial charge in [-0.2, -0.15) is 4.98 Å². The zero-order valence-corrected chi connectivity index (χ0v) is 11.5. The van der Waals surface area contributed by atoms with Gasteiger partial charge in [-0.3, -0.25) is 0 Å². The molecule has 0 aliphatic heterocycles. The minimum Gasteiger partial charge on any atom is -0.463 e. The van der Waals surface area contributed by atoms with Crippen LogP contribution in [0, 0.1) is 0 Å². The summed E-state index contributed by atoms with van der Waals surface area (Å²) in [6, 6.07) is 7.73. The van der Waals surface area contributed by atoms with E-state index < -0.39 is 0 Å². The van der Waals surface area contributed by atoms with E-state index >= 15 is 0 Å². The van der Waals surface area contributed by atoms with E-state index in [1.807, 2.05) is 24.3 Å². The molecule has 1 aromatic carbocycles. The lowest BCUT2D eigenvalue weighted by molar-refractivity contribution is 0.286. The van der Waals surface area contributed by atoms with Crippen LogP contribution in [0.1, 0.15) is 19.8 Å². The number of benzene rings is 1. The zero-order chi connectivity index (χ0) is 13.7. The smallest absolute Gasteiger partial charge is 0.318 e. The molecule has 2 N–H and O–H groups in total. The molecule has 0 aliphatic carbocycles. The second-order valence-electron chi connectivity index (χ2n) is 4.16. The second-order valence-corrected chi connectivity index (χ2v) is 4.60. The third-order valence-corrected chi connectivity index (χ3v) is 2.90. The van der Waals surface area contributed by atoms with Crippen LogP contribution >= 0.6 is 11.6 Å². The van der Waals surface area contributed by atoms with Crippen LogP contribution in [0.5, 0.6) is 6.01 Å². The molecular formula is C14H16ClN3O. The summed E-state index contributed by atoms with van der Waals surface area (Å²) in [7, 11) is 0. The molecule has 5 heteroatoms. The van der Waals surface area contributed by atoms with Gasteiger partial charge in [0.05, 0.1) is 6.61 Å². The quantitative estimate of drug-likeness (QED) is 0.849. The predicted octanol–water partition coefficient (Wildman–Crippen LogP) is 3.56. The molecule has 2 rings (SSSR count). The van der Waals surface area contributed by atoms with Gasteiger partial charge in [0, 0.05) is 16.8 Å². The van der Waals surface area contributed by atoms with Gasteiger partial charge in [0.2, 0.25) is 0 Å². The van der Waals surface area contributed by atoms with Crippen LogP contribution in [0.25, 0.3) is 11.1 Å². The van der Waals surface area contributed by atoms with E-state index in [1.54, 1.807) is 6.20 Å². The molecule has 0 radical (unpaired) electrons. The van der Waals surface area contributed by atoms with Gasteiger partial charge in [0.1, 0.15) is 5.82 Å². The van der Waals surface area contributed by atoms with Gasteiger partial charge in [-0.1, -0.05) is 37.1 Å². The largest absolute Gasteiger partial charge is 0.463 e. The highest BCUT2D eigenvalue weighted by molar-refractivity contribution is 6.30. The van der Waals surface area contributed by atoms with Crippen molar-refractivity contribution in [3.05, 3.63) is 35.5 Å². The lowest BCUT2D eigenvalue weighted by Gasteiger charge is -2.08. The van der Waals surface area contributed by atoms with Crippen molar-refractivity contribution >= 4 is 17.4 Å². The maximum atomic E-state index is 5.96. The number of halogens is 1. The van der Waals surface area contributed by atoms with E-state index in [2.05, 4.69) is 16.9 Å². The molecule has 2 aromatic rings. The third-order valence-electron chi connectivity index (χ3n) is 2.66. The highest BCUT2D eigenvalue weighted by Crippen LogP contribution is 2.26. The Hall–Kier alpha value is -1.81. The fourth-order valence-electron chi connectivity index (χ4n) is 1.63. The second kappa shape index (κ2) is 6.38. The molecule has 0 bridgehead atoms. The van der Waals surface area contributed by atoms with Gasteiger partial charge in [0.25, 0.3) is 0 Å². The van der Waals surface area contributed by atoms with Crippen LogP contribution in [-0.4, -0.2) is 16.6 Å². The van der Waals surface area contributed by atoms with Gasteiger partial charge < -0.3 is 10.5 Å². The summed E-state index contributed by atoms with van der Waals surface area (Å²) >= 11 is 5.96. The van der Waals surface area contributed by atoms with E-state index in [9.17, 15) is 0 Å². The lowest BCUT2D eigenvalue weighted by Crippen LogP contribution is -2.03. The van der Waals surface area contributed by atoms with E-state index in [0.717, 1.165) is 24.0 Å². The minimum absolute atomic E-state index is 0.316. The number of anilines is 1. The van der Waals surface area contributed by atoms with Crippen molar-refractivity contribution in [1.82, 2.24) is 9.97 Å². The summed E-state index contributed by atoms with van der Waals surface area (Å²) in [5.74, 6) is 0.392. The number of hydrogen-bond acceptors (Lipinski definition) is 4. The topological polar surface area (TPSA) is 61.0 Å². The summed E-state index contributed by atoms with van der Waals surface area (Å²) in [4.78, 5) is 8.31. The summed E-state index contributed by atoms with van der Waals surface area (Å²) in [5.41, 5.74) is 7.58. The van der Waals surface area contributed by atoms with Gasteiger partial charge in [-0.05, 0) is 24.1 Å². The molecule has 1 aromatic heterocycles. The van der Waals surface area contributed by atoms with Crippen molar-refractivity contribution in [3.63, 3.8) is 0 Å². The Morgan fingerprint density at radius 2 is 2.21 bits per heavy atom. The maximum absolute atomic E-state index is 5.96. The average molecular weight is 278 g/mol. The Morgan fingerprint density at radius 1 is 1.37 bits per heavy atom. The molecule has 0 fully saturated rings. The molecule has 0 amide bonds. The van der Waals surface area contributed by atoms with Crippen LogP contribution in [0.3, 0.4) is 0 Å². The molecule has 0 saturated heterocycles. The first-order valence-corrected chi connectivity index (χ1v) is 6.59. The first-order chi connectivity index (χ1) is 9.20. The summed E-state index contributed by atoms with van der Waals surface area (Å²) in [5, 5.41) is 0.653. The summed E-state index contributed by atoms with van der Waals surface area (Å²) in [6.07, 6.45) is 3.70. The van der Waals surface area contributed by atoms with Crippen molar-refractivity contribution in [2.24, 2.45) is 0 Å². The maximum Gasteiger partial charge on any atom is 0.318 e. The van der Waals surface area contributed by atoms with Crippen molar-refractivity contribution < 1.29 is 4.74 Å². The molecular weight excluding hydrogens is 262 g/mol. The van der Waals surface area contributed by atoms with Crippen LogP contribution in [0.15, 0.2) is 30.5 Å². The number of unbranched alkanes of at least 4 members (excludes halogenated alkanes) is 1. The fourth-order valence-corrected chi connectivity index (χ4v) is 1.82. The Balaban J connectivity index is 2.19. The molecule has 1 heterocycles. The van der Waals surface area contributed by atoms with Crippen molar-refractivity contribution in [3.8, 4) is 17.1 Å². The average Bonchev–Trinajstić information content (AvgIpc) is 2.39. The van der Waals surface area contributed by atoms with Crippen LogP contribution in [0.4, 0.5) is 5.82 Å². The fraction of sp³-hybridized carbons (Fsp3) is 0.286. The van der Waals surface area contributed by atoms with E-state index in [4.69, 9.17) is 22.1 Å². The zero-order valence-electron chi connectivity index (χ0n) is 10.8. The summed E-state index contributed by atoms with van der Waals surface area (Å²) in [6.45, 7) is 2.70. The molecule has 0 spiro atoms. The monoisotopic (exact) mass is 277 g/mol. The van der Waals surface area contributed by atoms with Crippen LogP contribution in [0.2, 0.25) is 5.02 Å². The highest BCUT2D eigenvalue weighted by Gasteiger charge is 2.07. The number of rotatable bonds is 5. The van der Waals surface area contributed by atoms with E-state index in [-0.39, 0.29) is 0 Å². The molecule has 0 unspecified atom stereocenters. The van der Waals surface area contributed by atoms with Gasteiger partial charge in [-0.15, -0.1) is 0 Å². The Morgan fingerprint density at radius 3 is 2.89 bits per heavy atom. The van der Waals surface area contributed by atoms with E-state index in [1.165, 1.54) is 0 Å². The van der Waals surface area contributed by atoms with Crippen LogP contribution < -0.4 is 10.5 Å².